The van der Waals surface area contributed by atoms with Crippen LogP contribution in [0.3, 0.4) is 0 Å². The molecule has 2 nitrogen and oxygen atoms in total. The summed E-state index contributed by atoms with van der Waals surface area (Å²) in [4.78, 5) is 3.96. The summed E-state index contributed by atoms with van der Waals surface area (Å²) in [5.74, 6) is 0. The van der Waals surface area contributed by atoms with Crippen LogP contribution < -0.4 is 5.32 Å². The summed E-state index contributed by atoms with van der Waals surface area (Å²) in [7, 11) is 1.81. The molecule has 1 heterocycles. The molecular weight excluding hydrogens is 277 g/mol. The van der Waals surface area contributed by atoms with Crippen LogP contribution in [-0.2, 0) is 12.6 Å². The standard InChI is InChI=1S/C16H17F3N2/c1-20-15(7-2-12-8-10-21-11-9-12)13-3-5-14(6-4-13)16(17,18)19/h3-6,8-11,15,20H,2,7H2,1H3. The Labute approximate surface area is 122 Å². The van der Waals surface area contributed by atoms with E-state index < -0.39 is 11.7 Å². The minimum absolute atomic E-state index is 0.0282. The van der Waals surface area contributed by atoms with Crippen LogP contribution in [0, 0.1) is 0 Å². The molecule has 1 aromatic carbocycles. The van der Waals surface area contributed by atoms with Crippen LogP contribution in [0.5, 0.6) is 0 Å². The highest BCUT2D eigenvalue weighted by Crippen LogP contribution is 2.30. The van der Waals surface area contributed by atoms with Crippen LogP contribution in [0.4, 0.5) is 13.2 Å². The molecular formula is C16H17F3N2. The Hall–Kier alpha value is -1.88. The zero-order valence-electron chi connectivity index (χ0n) is 11.7. The third kappa shape index (κ3) is 4.29. The maximum absolute atomic E-state index is 12.6. The Morgan fingerprint density at radius 3 is 2.19 bits per heavy atom. The second kappa shape index (κ2) is 6.72. The molecule has 5 heteroatoms. The molecule has 1 atom stereocenters. The summed E-state index contributed by atoms with van der Waals surface area (Å²) in [6.07, 6.45) is 0.843. The van der Waals surface area contributed by atoms with E-state index in [0.29, 0.717) is 0 Å². The van der Waals surface area contributed by atoms with Crippen LogP contribution >= 0.6 is 0 Å². The third-order valence-corrected chi connectivity index (χ3v) is 3.46. The van der Waals surface area contributed by atoms with Crippen molar-refractivity contribution in [3.8, 4) is 0 Å². The molecule has 1 unspecified atom stereocenters. The molecule has 2 rings (SSSR count). The van der Waals surface area contributed by atoms with E-state index >= 15 is 0 Å². The number of aryl methyl sites for hydroxylation is 1. The molecule has 0 amide bonds. The van der Waals surface area contributed by atoms with E-state index in [4.69, 9.17) is 0 Å². The van der Waals surface area contributed by atoms with Crippen molar-refractivity contribution >= 4 is 0 Å². The van der Waals surface area contributed by atoms with Crippen LogP contribution in [0.25, 0.3) is 0 Å². The monoisotopic (exact) mass is 294 g/mol. The van der Waals surface area contributed by atoms with E-state index in [9.17, 15) is 13.2 Å². The average molecular weight is 294 g/mol. The van der Waals surface area contributed by atoms with Gasteiger partial charge in [0.15, 0.2) is 0 Å². The van der Waals surface area contributed by atoms with Crippen molar-refractivity contribution in [1.82, 2.24) is 10.3 Å². The lowest BCUT2D eigenvalue weighted by atomic mass is 9.98. The van der Waals surface area contributed by atoms with E-state index in [-0.39, 0.29) is 6.04 Å². The first-order valence-electron chi connectivity index (χ1n) is 6.74. The number of halogens is 3. The van der Waals surface area contributed by atoms with Crippen LogP contribution in [0.15, 0.2) is 48.8 Å². The molecule has 0 bridgehead atoms. The summed E-state index contributed by atoms with van der Waals surface area (Å²) >= 11 is 0. The van der Waals surface area contributed by atoms with E-state index in [1.807, 2.05) is 19.2 Å². The second-order valence-electron chi connectivity index (χ2n) is 4.86. The predicted molar refractivity (Wildman–Crippen MR) is 75.8 cm³/mol. The predicted octanol–water partition coefficient (Wildman–Crippen LogP) is 3.99. The maximum Gasteiger partial charge on any atom is 0.416 e. The molecule has 0 saturated carbocycles. The number of benzene rings is 1. The van der Waals surface area contributed by atoms with E-state index in [0.717, 1.165) is 36.1 Å². The maximum atomic E-state index is 12.6. The molecule has 0 spiro atoms. The van der Waals surface area contributed by atoms with Gasteiger partial charge in [0.2, 0.25) is 0 Å². The molecule has 1 aromatic heterocycles. The lowest BCUT2D eigenvalue weighted by Crippen LogP contribution is -2.17. The first kappa shape index (κ1) is 15.5. The van der Waals surface area contributed by atoms with Gasteiger partial charge in [0.1, 0.15) is 0 Å². The van der Waals surface area contributed by atoms with E-state index in [2.05, 4.69) is 10.3 Å². The highest BCUT2D eigenvalue weighted by atomic mass is 19.4. The highest BCUT2D eigenvalue weighted by Gasteiger charge is 2.30. The largest absolute Gasteiger partial charge is 0.416 e. The number of hydrogen-bond acceptors (Lipinski definition) is 2. The Kier molecular flexibility index (Phi) is 4.96. The number of nitrogens with one attached hydrogen (secondary N) is 1. The number of nitrogens with zero attached hydrogens (tertiary/aromatic N) is 1. The number of aromatic nitrogens is 1. The van der Waals surface area contributed by atoms with Gasteiger partial charge in [0.05, 0.1) is 5.56 Å². The quantitative estimate of drug-likeness (QED) is 0.901. The SMILES string of the molecule is CNC(CCc1ccncc1)c1ccc(C(F)(F)F)cc1. The van der Waals surface area contributed by atoms with Gasteiger partial charge in [0, 0.05) is 18.4 Å². The van der Waals surface area contributed by atoms with Gasteiger partial charge in [-0.2, -0.15) is 13.2 Å². The lowest BCUT2D eigenvalue weighted by Gasteiger charge is -2.17. The van der Waals surface area contributed by atoms with Gasteiger partial charge >= 0.3 is 6.18 Å². The zero-order valence-corrected chi connectivity index (χ0v) is 11.7. The molecule has 0 aliphatic carbocycles. The summed E-state index contributed by atoms with van der Waals surface area (Å²) in [5, 5.41) is 3.15. The molecule has 0 saturated heterocycles. The van der Waals surface area contributed by atoms with Crippen LogP contribution in [-0.4, -0.2) is 12.0 Å². The average Bonchev–Trinajstić information content (AvgIpc) is 2.48. The number of pyridine rings is 1. The molecule has 0 aliphatic heterocycles. The highest BCUT2D eigenvalue weighted by molar-refractivity contribution is 5.27. The summed E-state index contributed by atoms with van der Waals surface area (Å²) < 4.78 is 37.7. The van der Waals surface area contributed by atoms with Gasteiger partial charge in [-0.3, -0.25) is 4.98 Å². The van der Waals surface area contributed by atoms with Gasteiger partial charge in [-0.05, 0) is 55.3 Å². The topological polar surface area (TPSA) is 24.9 Å². The van der Waals surface area contributed by atoms with Gasteiger partial charge in [0.25, 0.3) is 0 Å². The zero-order chi connectivity index (χ0) is 15.3. The van der Waals surface area contributed by atoms with E-state index in [1.165, 1.54) is 12.1 Å². The normalized spacial score (nSPS) is 13.1. The van der Waals surface area contributed by atoms with Crippen molar-refractivity contribution < 1.29 is 13.2 Å². The first-order valence-corrected chi connectivity index (χ1v) is 6.74. The lowest BCUT2D eigenvalue weighted by molar-refractivity contribution is -0.137. The fourth-order valence-electron chi connectivity index (χ4n) is 2.24. The molecule has 21 heavy (non-hydrogen) atoms. The van der Waals surface area contributed by atoms with E-state index in [1.54, 1.807) is 12.4 Å². The fourth-order valence-corrected chi connectivity index (χ4v) is 2.24. The van der Waals surface area contributed by atoms with Gasteiger partial charge in [-0.15, -0.1) is 0 Å². The smallest absolute Gasteiger partial charge is 0.313 e. The molecule has 0 fully saturated rings. The Balaban J connectivity index is 2.04. The molecule has 1 N–H and O–H groups in total. The van der Waals surface area contributed by atoms with Crippen molar-refractivity contribution in [2.75, 3.05) is 7.05 Å². The Bertz CT molecular complexity index is 550. The molecule has 0 radical (unpaired) electrons. The second-order valence-corrected chi connectivity index (χ2v) is 4.86. The van der Waals surface area contributed by atoms with Crippen LogP contribution in [0.1, 0.15) is 29.2 Å². The van der Waals surface area contributed by atoms with Crippen molar-refractivity contribution in [1.29, 1.82) is 0 Å². The summed E-state index contributed by atoms with van der Waals surface area (Å²) in [6.45, 7) is 0. The van der Waals surface area contributed by atoms with Crippen molar-refractivity contribution in [3.63, 3.8) is 0 Å². The Morgan fingerprint density at radius 1 is 1.05 bits per heavy atom. The summed E-state index contributed by atoms with van der Waals surface area (Å²) in [5.41, 5.74) is 1.41. The van der Waals surface area contributed by atoms with Gasteiger partial charge in [-0.25, -0.2) is 0 Å². The number of rotatable bonds is 5. The number of hydrogen-bond donors (Lipinski definition) is 1. The summed E-state index contributed by atoms with van der Waals surface area (Å²) in [6, 6.07) is 9.25. The van der Waals surface area contributed by atoms with Crippen molar-refractivity contribution in [2.45, 2.75) is 25.1 Å². The van der Waals surface area contributed by atoms with Crippen LogP contribution in [0.2, 0.25) is 0 Å². The van der Waals surface area contributed by atoms with Crippen molar-refractivity contribution in [3.05, 3.63) is 65.5 Å². The third-order valence-electron chi connectivity index (χ3n) is 3.46. The Morgan fingerprint density at radius 2 is 1.67 bits per heavy atom. The van der Waals surface area contributed by atoms with Gasteiger partial charge < -0.3 is 5.32 Å². The molecule has 2 aromatic rings. The number of alkyl halides is 3. The van der Waals surface area contributed by atoms with Crippen molar-refractivity contribution in [2.24, 2.45) is 0 Å². The van der Waals surface area contributed by atoms with Gasteiger partial charge in [-0.1, -0.05) is 12.1 Å². The molecule has 0 aliphatic rings. The minimum atomic E-state index is -4.29. The molecule has 112 valence electrons. The first-order chi connectivity index (χ1) is 10.0. The fraction of sp³-hybridized carbons (Fsp3) is 0.312. The minimum Gasteiger partial charge on any atom is -0.313 e.